The molecule has 0 saturated carbocycles. The van der Waals surface area contributed by atoms with Crippen LogP contribution in [0.2, 0.25) is 0 Å². The van der Waals surface area contributed by atoms with Crippen LogP contribution in [0.1, 0.15) is 18.9 Å². The highest BCUT2D eigenvalue weighted by Crippen LogP contribution is 2.46. The van der Waals surface area contributed by atoms with E-state index in [1.54, 1.807) is 48.3 Å². The van der Waals surface area contributed by atoms with Crippen LogP contribution in [0.5, 0.6) is 0 Å². The number of hydrogen-bond acceptors (Lipinski definition) is 5. The molecule has 156 valence electrons. The lowest BCUT2D eigenvalue weighted by Gasteiger charge is -2.44. The van der Waals surface area contributed by atoms with Gasteiger partial charge in [0.2, 0.25) is 11.9 Å². The van der Waals surface area contributed by atoms with Gasteiger partial charge in [0, 0.05) is 25.1 Å². The van der Waals surface area contributed by atoms with E-state index in [2.05, 4.69) is 15.6 Å². The average molecular weight is 411 g/mol. The largest absolute Gasteiger partial charge is 0.477 e. The SMILES string of the molecule is C[C@@H](O)[C@@H]1C(=O)N2C(C(=O)O)=C(c3ccc(NC(=O)Nc4nccn4C)cc3)C[C@H]12. The van der Waals surface area contributed by atoms with Crippen molar-refractivity contribution in [3.8, 4) is 0 Å². The number of carbonyl (C=O) groups is 3. The molecule has 2 aliphatic heterocycles. The molecule has 1 fully saturated rings. The molecule has 0 bridgehead atoms. The summed E-state index contributed by atoms with van der Waals surface area (Å²) in [6.07, 6.45) is 2.79. The summed E-state index contributed by atoms with van der Waals surface area (Å²) >= 11 is 0. The minimum atomic E-state index is -1.18. The number of rotatable bonds is 5. The molecule has 3 heterocycles. The second kappa shape index (κ2) is 7.30. The fraction of sp³-hybridized carbons (Fsp3) is 0.300. The van der Waals surface area contributed by atoms with E-state index in [-0.39, 0.29) is 17.6 Å². The predicted molar refractivity (Wildman–Crippen MR) is 107 cm³/mol. The molecule has 10 nitrogen and oxygen atoms in total. The highest BCUT2D eigenvalue weighted by molar-refractivity contribution is 6.06. The second-order valence-corrected chi connectivity index (χ2v) is 7.40. The number of fused-ring (bicyclic) bond motifs is 1. The first-order valence-electron chi connectivity index (χ1n) is 9.41. The normalized spacial score (nSPS) is 21.2. The zero-order valence-corrected chi connectivity index (χ0v) is 16.4. The molecule has 1 aromatic carbocycles. The van der Waals surface area contributed by atoms with Gasteiger partial charge in [-0.3, -0.25) is 10.1 Å². The van der Waals surface area contributed by atoms with Crippen LogP contribution in [0.25, 0.3) is 5.57 Å². The van der Waals surface area contributed by atoms with E-state index < -0.39 is 24.0 Å². The molecule has 1 aromatic heterocycles. The lowest BCUT2D eigenvalue weighted by atomic mass is 9.82. The van der Waals surface area contributed by atoms with E-state index in [4.69, 9.17) is 0 Å². The van der Waals surface area contributed by atoms with Gasteiger partial charge in [0.15, 0.2) is 0 Å². The summed E-state index contributed by atoms with van der Waals surface area (Å²) < 4.78 is 1.66. The van der Waals surface area contributed by atoms with Crippen molar-refractivity contribution in [2.75, 3.05) is 10.6 Å². The van der Waals surface area contributed by atoms with Crippen molar-refractivity contribution in [3.05, 3.63) is 47.9 Å². The number of carbonyl (C=O) groups excluding carboxylic acids is 2. The monoisotopic (exact) mass is 411 g/mol. The zero-order valence-electron chi connectivity index (χ0n) is 16.4. The van der Waals surface area contributed by atoms with Gasteiger partial charge in [0.1, 0.15) is 5.70 Å². The van der Waals surface area contributed by atoms with Crippen LogP contribution in [0, 0.1) is 5.92 Å². The summed E-state index contributed by atoms with van der Waals surface area (Å²) in [5.74, 6) is -1.74. The quantitative estimate of drug-likeness (QED) is 0.550. The van der Waals surface area contributed by atoms with Crippen LogP contribution in [0.15, 0.2) is 42.4 Å². The number of aliphatic hydroxyl groups is 1. The Morgan fingerprint density at radius 3 is 2.50 bits per heavy atom. The summed E-state index contributed by atoms with van der Waals surface area (Å²) in [5.41, 5.74) is 1.65. The number of β-lactam (4-membered cyclic amide) rings is 1. The Morgan fingerprint density at radius 2 is 1.93 bits per heavy atom. The second-order valence-electron chi connectivity index (χ2n) is 7.40. The lowest BCUT2D eigenvalue weighted by molar-refractivity contribution is -0.161. The maximum absolute atomic E-state index is 12.3. The summed E-state index contributed by atoms with van der Waals surface area (Å²) in [5, 5.41) is 24.8. The molecule has 10 heteroatoms. The molecule has 0 aliphatic carbocycles. The van der Waals surface area contributed by atoms with Gasteiger partial charge in [-0.25, -0.2) is 14.6 Å². The van der Waals surface area contributed by atoms with Crippen LogP contribution in [-0.4, -0.2) is 54.7 Å². The van der Waals surface area contributed by atoms with Crippen LogP contribution >= 0.6 is 0 Å². The molecule has 2 aromatic rings. The number of aliphatic carboxylic acids is 1. The number of nitrogens with one attached hydrogen (secondary N) is 2. The number of nitrogens with zero attached hydrogens (tertiary/aromatic N) is 3. The fourth-order valence-electron chi connectivity index (χ4n) is 4.03. The third kappa shape index (κ3) is 3.20. The Morgan fingerprint density at radius 1 is 1.23 bits per heavy atom. The third-order valence-corrected chi connectivity index (χ3v) is 5.47. The predicted octanol–water partition coefficient (Wildman–Crippen LogP) is 1.47. The van der Waals surface area contributed by atoms with Crippen molar-refractivity contribution in [2.24, 2.45) is 13.0 Å². The maximum atomic E-state index is 12.3. The number of aromatic nitrogens is 2. The van der Waals surface area contributed by atoms with Gasteiger partial charge in [-0.1, -0.05) is 12.1 Å². The van der Waals surface area contributed by atoms with Crippen LogP contribution in [0.4, 0.5) is 16.4 Å². The molecule has 0 radical (unpaired) electrons. The smallest absolute Gasteiger partial charge is 0.352 e. The molecule has 2 aliphatic rings. The number of anilines is 2. The zero-order chi connectivity index (χ0) is 21.6. The molecule has 0 unspecified atom stereocenters. The fourth-order valence-corrected chi connectivity index (χ4v) is 4.03. The average Bonchev–Trinajstić information content (AvgIpc) is 3.23. The third-order valence-electron chi connectivity index (χ3n) is 5.47. The molecule has 4 N–H and O–H groups in total. The van der Waals surface area contributed by atoms with Gasteiger partial charge < -0.3 is 25.0 Å². The standard InChI is InChI=1S/C20H21N5O5/c1-10(26)15-14-9-13(16(18(28)29)25(14)17(15)27)11-3-5-12(6-4-11)22-20(30)23-19-21-7-8-24(19)2/h3-8,10,14-15,26H,9H2,1-2H3,(H,28,29)(H2,21,22,23,30)/t10-,14-,15+/m1/s1. The Kier molecular flexibility index (Phi) is 4.78. The van der Waals surface area contributed by atoms with Gasteiger partial charge in [0.25, 0.3) is 0 Å². The first-order chi connectivity index (χ1) is 14.3. The van der Waals surface area contributed by atoms with Gasteiger partial charge >= 0.3 is 12.0 Å². The van der Waals surface area contributed by atoms with Crippen molar-refractivity contribution in [2.45, 2.75) is 25.5 Å². The minimum absolute atomic E-state index is 0.0462. The number of hydrogen-bond donors (Lipinski definition) is 4. The number of aliphatic hydroxyl groups excluding tert-OH is 1. The van der Waals surface area contributed by atoms with Gasteiger partial charge in [-0.2, -0.15) is 0 Å². The van der Waals surface area contributed by atoms with E-state index in [0.717, 1.165) is 0 Å². The molecule has 3 amide bonds. The van der Waals surface area contributed by atoms with Gasteiger partial charge in [0.05, 0.1) is 18.1 Å². The number of urea groups is 1. The van der Waals surface area contributed by atoms with E-state index in [1.807, 2.05) is 0 Å². The maximum Gasteiger partial charge on any atom is 0.352 e. The van der Waals surface area contributed by atoms with Gasteiger partial charge in [-0.05, 0) is 36.6 Å². The Hall–Kier alpha value is -3.66. The number of benzene rings is 1. The van der Waals surface area contributed by atoms with E-state index in [1.165, 1.54) is 11.8 Å². The number of amides is 3. The van der Waals surface area contributed by atoms with Gasteiger partial charge in [-0.15, -0.1) is 0 Å². The summed E-state index contributed by atoms with van der Waals surface area (Å²) in [4.78, 5) is 41.5. The Balaban J connectivity index is 1.51. The molecule has 4 rings (SSSR count). The number of imidazole rings is 1. The van der Waals surface area contributed by atoms with Crippen LogP contribution in [-0.2, 0) is 16.6 Å². The number of aryl methyl sites for hydroxylation is 1. The summed E-state index contributed by atoms with van der Waals surface area (Å²) in [6.45, 7) is 1.54. The van der Waals surface area contributed by atoms with Crippen LogP contribution < -0.4 is 10.6 Å². The van der Waals surface area contributed by atoms with Crippen LogP contribution in [0.3, 0.4) is 0 Å². The van der Waals surface area contributed by atoms with Crippen molar-refractivity contribution in [1.29, 1.82) is 0 Å². The lowest BCUT2D eigenvalue weighted by Crippen LogP contribution is -2.61. The van der Waals surface area contributed by atoms with Crippen molar-refractivity contribution >= 4 is 35.1 Å². The number of carboxylic acid groups (broad SMARTS) is 1. The minimum Gasteiger partial charge on any atom is -0.477 e. The van der Waals surface area contributed by atoms with E-state index >= 15 is 0 Å². The van der Waals surface area contributed by atoms with Crippen molar-refractivity contribution < 1.29 is 24.6 Å². The summed E-state index contributed by atoms with van der Waals surface area (Å²) in [7, 11) is 1.75. The number of carboxylic acids is 1. The highest BCUT2D eigenvalue weighted by atomic mass is 16.4. The highest BCUT2D eigenvalue weighted by Gasteiger charge is 2.56. The van der Waals surface area contributed by atoms with E-state index in [9.17, 15) is 24.6 Å². The van der Waals surface area contributed by atoms with Crippen molar-refractivity contribution in [1.82, 2.24) is 14.5 Å². The molecular formula is C20H21N5O5. The topological polar surface area (TPSA) is 137 Å². The Labute approximate surface area is 171 Å². The molecule has 3 atom stereocenters. The molecule has 0 spiro atoms. The first-order valence-corrected chi connectivity index (χ1v) is 9.41. The van der Waals surface area contributed by atoms with Crippen molar-refractivity contribution in [3.63, 3.8) is 0 Å². The Bertz CT molecular complexity index is 1060. The molecule has 30 heavy (non-hydrogen) atoms. The molecular weight excluding hydrogens is 390 g/mol. The first kappa shape index (κ1) is 19.6. The molecule has 1 saturated heterocycles. The summed E-state index contributed by atoms with van der Waals surface area (Å²) in [6, 6.07) is 5.90. The van der Waals surface area contributed by atoms with E-state index in [0.29, 0.717) is 29.2 Å².